The van der Waals surface area contributed by atoms with Crippen LogP contribution in [0, 0.1) is 0 Å². The Bertz CT molecular complexity index is 436. The molecule has 6 heteroatoms. The number of amides is 3. The van der Waals surface area contributed by atoms with Gasteiger partial charge < -0.3 is 15.5 Å². The predicted octanol–water partition coefficient (Wildman–Crippen LogP) is 0.790. The van der Waals surface area contributed by atoms with Gasteiger partial charge in [-0.2, -0.15) is 0 Å². The normalized spacial score (nSPS) is 11.6. The van der Waals surface area contributed by atoms with Gasteiger partial charge in [-0.25, -0.2) is 4.79 Å². The second-order valence-corrected chi connectivity index (χ2v) is 4.76. The maximum Gasteiger partial charge on any atom is 0.317 e. The highest BCUT2D eigenvalue weighted by atomic mass is 16.2. The fraction of sp³-hybridized carbons (Fsp3) is 0.500. The summed E-state index contributed by atoms with van der Waals surface area (Å²) in [4.78, 5) is 28.6. The SMILES string of the molecule is CNC(=O)CCN(C)C(=O)N[C@H](C)Cc1cccnc1. The van der Waals surface area contributed by atoms with Crippen LogP contribution in [0.3, 0.4) is 0 Å². The minimum Gasteiger partial charge on any atom is -0.359 e. The quantitative estimate of drug-likeness (QED) is 0.808. The number of nitrogens with one attached hydrogen (secondary N) is 2. The van der Waals surface area contributed by atoms with E-state index in [-0.39, 0.29) is 18.0 Å². The van der Waals surface area contributed by atoms with E-state index in [0.717, 1.165) is 12.0 Å². The molecule has 0 saturated carbocycles. The molecule has 0 saturated heterocycles. The van der Waals surface area contributed by atoms with E-state index in [1.165, 1.54) is 4.90 Å². The summed E-state index contributed by atoms with van der Waals surface area (Å²) in [5.41, 5.74) is 1.08. The molecule has 0 unspecified atom stereocenters. The summed E-state index contributed by atoms with van der Waals surface area (Å²) in [6.45, 7) is 2.34. The molecule has 0 bridgehead atoms. The van der Waals surface area contributed by atoms with Crippen molar-refractivity contribution in [2.75, 3.05) is 20.6 Å². The molecular formula is C14H22N4O2. The molecule has 1 heterocycles. The number of carbonyl (C=O) groups excluding carboxylic acids is 2. The van der Waals surface area contributed by atoms with Crippen LogP contribution >= 0.6 is 0 Å². The molecule has 0 fully saturated rings. The third-order valence-corrected chi connectivity index (χ3v) is 2.93. The lowest BCUT2D eigenvalue weighted by Gasteiger charge is -2.21. The van der Waals surface area contributed by atoms with Crippen molar-refractivity contribution in [1.29, 1.82) is 0 Å². The van der Waals surface area contributed by atoms with Crippen molar-refractivity contribution in [3.8, 4) is 0 Å². The van der Waals surface area contributed by atoms with E-state index in [1.54, 1.807) is 26.5 Å². The van der Waals surface area contributed by atoms with Gasteiger partial charge in [-0.05, 0) is 25.0 Å². The van der Waals surface area contributed by atoms with Gasteiger partial charge >= 0.3 is 6.03 Å². The van der Waals surface area contributed by atoms with Crippen molar-refractivity contribution in [2.24, 2.45) is 0 Å². The topological polar surface area (TPSA) is 74.3 Å². The monoisotopic (exact) mass is 278 g/mol. The minimum absolute atomic E-state index is 0.00847. The highest BCUT2D eigenvalue weighted by molar-refractivity contribution is 5.78. The van der Waals surface area contributed by atoms with Crippen molar-refractivity contribution in [2.45, 2.75) is 25.8 Å². The fourth-order valence-corrected chi connectivity index (χ4v) is 1.74. The van der Waals surface area contributed by atoms with Crippen LogP contribution in [-0.2, 0) is 11.2 Å². The van der Waals surface area contributed by atoms with Gasteiger partial charge in [0.2, 0.25) is 5.91 Å². The lowest BCUT2D eigenvalue weighted by molar-refractivity contribution is -0.120. The summed E-state index contributed by atoms with van der Waals surface area (Å²) in [6, 6.07) is 3.68. The molecule has 0 aliphatic rings. The largest absolute Gasteiger partial charge is 0.359 e. The average Bonchev–Trinajstić information content (AvgIpc) is 2.45. The zero-order valence-electron chi connectivity index (χ0n) is 12.2. The highest BCUT2D eigenvalue weighted by Gasteiger charge is 2.13. The molecule has 0 aliphatic heterocycles. The predicted molar refractivity (Wildman–Crippen MR) is 77.2 cm³/mol. The Morgan fingerprint density at radius 1 is 1.45 bits per heavy atom. The van der Waals surface area contributed by atoms with Crippen molar-refractivity contribution < 1.29 is 9.59 Å². The van der Waals surface area contributed by atoms with E-state index >= 15 is 0 Å². The Kier molecular flexibility index (Phi) is 6.49. The molecule has 1 aromatic heterocycles. The Balaban J connectivity index is 2.35. The van der Waals surface area contributed by atoms with Gasteiger partial charge in [0, 0.05) is 45.5 Å². The number of aromatic nitrogens is 1. The van der Waals surface area contributed by atoms with E-state index in [4.69, 9.17) is 0 Å². The number of rotatable bonds is 6. The van der Waals surface area contributed by atoms with Crippen LogP contribution in [0.1, 0.15) is 18.9 Å². The second kappa shape index (κ2) is 8.14. The highest BCUT2D eigenvalue weighted by Crippen LogP contribution is 2.01. The number of hydrogen-bond acceptors (Lipinski definition) is 3. The maximum atomic E-state index is 11.9. The summed E-state index contributed by atoms with van der Waals surface area (Å²) in [6.07, 6.45) is 4.54. The third-order valence-electron chi connectivity index (χ3n) is 2.93. The number of hydrogen-bond donors (Lipinski definition) is 2. The first kappa shape index (κ1) is 15.9. The number of carbonyl (C=O) groups is 2. The maximum absolute atomic E-state index is 11.9. The lowest BCUT2D eigenvalue weighted by atomic mass is 10.1. The van der Waals surface area contributed by atoms with Gasteiger partial charge in [0.15, 0.2) is 0 Å². The van der Waals surface area contributed by atoms with Gasteiger partial charge in [0.05, 0.1) is 0 Å². The molecule has 0 spiro atoms. The molecular weight excluding hydrogens is 256 g/mol. The van der Waals surface area contributed by atoms with Crippen molar-refractivity contribution in [1.82, 2.24) is 20.5 Å². The fourth-order valence-electron chi connectivity index (χ4n) is 1.74. The van der Waals surface area contributed by atoms with Crippen LogP contribution in [-0.4, -0.2) is 48.5 Å². The van der Waals surface area contributed by atoms with Gasteiger partial charge in [-0.1, -0.05) is 6.07 Å². The number of urea groups is 1. The zero-order valence-corrected chi connectivity index (χ0v) is 12.2. The van der Waals surface area contributed by atoms with Crippen molar-refractivity contribution >= 4 is 11.9 Å². The molecule has 0 aromatic carbocycles. The Morgan fingerprint density at radius 3 is 2.80 bits per heavy atom. The molecule has 110 valence electrons. The van der Waals surface area contributed by atoms with Crippen LogP contribution in [0.4, 0.5) is 4.79 Å². The second-order valence-electron chi connectivity index (χ2n) is 4.76. The van der Waals surface area contributed by atoms with E-state index < -0.39 is 0 Å². The molecule has 1 atom stereocenters. The number of pyridine rings is 1. The van der Waals surface area contributed by atoms with Crippen molar-refractivity contribution in [3.63, 3.8) is 0 Å². The average molecular weight is 278 g/mol. The first-order chi connectivity index (χ1) is 9.52. The van der Waals surface area contributed by atoms with Crippen LogP contribution in [0.25, 0.3) is 0 Å². The van der Waals surface area contributed by atoms with Crippen molar-refractivity contribution in [3.05, 3.63) is 30.1 Å². The molecule has 1 rings (SSSR count). The van der Waals surface area contributed by atoms with Crippen LogP contribution in [0.15, 0.2) is 24.5 Å². The molecule has 0 radical (unpaired) electrons. The van der Waals surface area contributed by atoms with E-state index in [2.05, 4.69) is 15.6 Å². The first-order valence-corrected chi connectivity index (χ1v) is 6.64. The van der Waals surface area contributed by atoms with Crippen LogP contribution in [0.5, 0.6) is 0 Å². The van der Waals surface area contributed by atoms with Gasteiger partial charge in [0.1, 0.15) is 0 Å². The summed E-state index contributed by atoms with van der Waals surface area (Å²) in [5, 5.41) is 5.43. The summed E-state index contributed by atoms with van der Waals surface area (Å²) >= 11 is 0. The third kappa shape index (κ3) is 5.69. The smallest absolute Gasteiger partial charge is 0.317 e. The van der Waals surface area contributed by atoms with E-state index in [0.29, 0.717) is 13.0 Å². The molecule has 0 aliphatic carbocycles. The van der Waals surface area contributed by atoms with Gasteiger partial charge in [-0.3, -0.25) is 9.78 Å². The Hall–Kier alpha value is -2.11. The zero-order chi connectivity index (χ0) is 15.0. The Labute approximate surface area is 119 Å². The number of nitrogens with zero attached hydrogens (tertiary/aromatic N) is 2. The van der Waals surface area contributed by atoms with E-state index in [9.17, 15) is 9.59 Å². The van der Waals surface area contributed by atoms with Gasteiger partial charge in [-0.15, -0.1) is 0 Å². The molecule has 6 nitrogen and oxygen atoms in total. The van der Waals surface area contributed by atoms with Crippen LogP contribution in [0.2, 0.25) is 0 Å². The summed E-state index contributed by atoms with van der Waals surface area (Å²) in [7, 11) is 3.26. The standard InChI is InChI=1S/C14H22N4O2/c1-11(9-12-5-4-7-16-10-12)17-14(20)18(3)8-6-13(19)15-2/h4-5,7,10-11H,6,8-9H2,1-3H3,(H,15,19)(H,17,20)/t11-/m1/s1. The van der Waals surface area contributed by atoms with Crippen LogP contribution < -0.4 is 10.6 Å². The molecule has 2 N–H and O–H groups in total. The first-order valence-electron chi connectivity index (χ1n) is 6.64. The van der Waals surface area contributed by atoms with Gasteiger partial charge in [0.25, 0.3) is 0 Å². The minimum atomic E-state index is -0.176. The summed E-state index contributed by atoms with van der Waals surface area (Å²) in [5.74, 6) is -0.0759. The molecule has 3 amide bonds. The van der Waals surface area contributed by atoms with E-state index in [1.807, 2.05) is 19.1 Å². The molecule has 20 heavy (non-hydrogen) atoms. The Morgan fingerprint density at radius 2 is 2.20 bits per heavy atom. The summed E-state index contributed by atoms with van der Waals surface area (Å²) < 4.78 is 0. The molecule has 1 aromatic rings. The lowest BCUT2D eigenvalue weighted by Crippen LogP contribution is -2.43.